The molecule has 0 aliphatic heterocycles. The van der Waals surface area contributed by atoms with E-state index in [2.05, 4.69) is 19.9 Å². The van der Waals surface area contributed by atoms with Crippen LogP contribution in [0.2, 0.25) is 0 Å². The van der Waals surface area contributed by atoms with Crippen LogP contribution in [-0.4, -0.2) is 18.2 Å². The van der Waals surface area contributed by atoms with Gasteiger partial charge in [-0.3, -0.25) is 0 Å². The molecule has 0 radical (unpaired) electrons. The van der Waals surface area contributed by atoms with Crippen LogP contribution in [-0.2, 0) is 4.79 Å². The second-order valence-corrected chi connectivity index (χ2v) is 9.27. The van der Waals surface area contributed by atoms with E-state index < -0.39 is 5.97 Å². The zero-order valence-electron chi connectivity index (χ0n) is 21.1. The lowest BCUT2D eigenvalue weighted by atomic mass is 9.79. The number of benzene rings is 3. The van der Waals surface area contributed by atoms with E-state index in [1.54, 1.807) is 13.2 Å². The first-order chi connectivity index (χ1) is 16.1. The number of phenolic OH excluding ortho intramolecular Hbond substituents is 1. The summed E-state index contributed by atoms with van der Waals surface area (Å²) in [4.78, 5) is 12.8. The van der Waals surface area contributed by atoms with Crippen LogP contribution in [0.3, 0.4) is 0 Å². The van der Waals surface area contributed by atoms with Crippen molar-refractivity contribution >= 4 is 12.0 Å². The van der Waals surface area contributed by atoms with Crippen LogP contribution in [0.15, 0.2) is 54.6 Å². The zero-order chi connectivity index (χ0) is 25.0. The van der Waals surface area contributed by atoms with E-state index in [4.69, 9.17) is 9.47 Å². The van der Waals surface area contributed by atoms with Gasteiger partial charge >= 0.3 is 5.97 Å². The highest BCUT2D eigenvalue weighted by Crippen LogP contribution is 2.44. The number of aryl methyl sites for hydroxylation is 4. The molecule has 34 heavy (non-hydrogen) atoms. The fraction of sp³-hybridized carbons (Fsp3) is 0.300. The fourth-order valence-corrected chi connectivity index (χ4v) is 4.49. The van der Waals surface area contributed by atoms with Crippen LogP contribution < -0.4 is 9.47 Å². The predicted molar refractivity (Wildman–Crippen MR) is 138 cm³/mol. The molecule has 4 nitrogen and oxygen atoms in total. The average Bonchev–Trinajstić information content (AvgIpc) is 2.78. The molecule has 0 aliphatic rings. The molecule has 0 bridgehead atoms. The first-order valence-corrected chi connectivity index (χ1v) is 11.6. The van der Waals surface area contributed by atoms with Crippen LogP contribution in [0.4, 0.5) is 0 Å². The standard InChI is InChI=1S/C30H34O4/c1-18(2)28(25-16-19(3)14-21(5)29(25)32)26-17-20(4)15-22(6)30(26)34-27(31)13-10-23-8-11-24(33-7)12-9-23/h8-18,28,32H,1-7H3/b13-10+. The molecule has 0 aromatic heterocycles. The van der Waals surface area contributed by atoms with E-state index in [-0.39, 0.29) is 11.8 Å². The lowest BCUT2D eigenvalue weighted by Crippen LogP contribution is -2.15. The molecule has 3 aromatic rings. The van der Waals surface area contributed by atoms with E-state index in [1.165, 1.54) is 6.08 Å². The van der Waals surface area contributed by atoms with Crippen molar-refractivity contribution in [2.24, 2.45) is 5.92 Å². The highest BCUT2D eigenvalue weighted by atomic mass is 16.5. The van der Waals surface area contributed by atoms with Gasteiger partial charge in [0.05, 0.1) is 7.11 Å². The number of esters is 1. The molecule has 0 saturated heterocycles. The van der Waals surface area contributed by atoms with E-state index >= 15 is 0 Å². The highest BCUT2D eigenvalue weighted by Gasteiger charge is 2.27. The third-order valence-corrected chi connectivity index (χ3v) is 5.99. The average molecular weight is 459 g/mol. The fourth-order valence-electron chi connectivity index (χ4n) is 4.49. The Morgan fingerprint density at radius 1 is 0.882 bits per heavy atom. The quantitative estimate of drug-likeness (QED) is 0.234. The van der Waals surface area contributed by atoms with Crippen LogP contribution in [0, 0.1) is 33.6 Å². The van der Waals surface area contributed by atoms with E-state index in [0.29, 0.717) is 11.5 Å². The maximum Gasteiger partial charge on any atom is 0.336 e. The highest BCUT2D eigenvalue weighted by molar-refractivity contribution is 5.89. The molecule has 178 valence electrons. The van der Waals surface area contributed by atoms with Crippen molar-refractivity contribution in [3.63, 3.8) is 0 Å². The molecule has 4 heteroatoms. The Kier molecular flexibility index (Phi) is 7.83. The van der Waals surface area contributed by atoms with Crippen LogP contribution in [0.25, 0.3) is 6.08 Å². The molecule has 1 atom stereocenters. The molecule has 0 amide bonds. The van der Waals surface area contributed by atoms with Crippen molar-refractivity contribution in [2.75, 3.05) is 7.11 Å². The summed E-state index contributed by atoms with van der Waals surface area (Å²) in [5, 5.41) is 10.9. The smallest absolute Gasteiger partial charge is 0.336 e. The second kappa shape index (κ2) is 10.6. The summed E-state index contributed by atoms with van der Waals surface area (Å²) in [6, 6.07) is 15.5. The number of aromatic hydroxyl groups is 1. The molecule has 0 saturated carbocycles. The normalized spacial score (nSPS) is 12.2. The third-order valence-electron chi connectivity index (χ3n) is 5.99. The summed E-state index contributed by atoms with van der Waals surface area (Å²) in [6.45, 7) is 12.2. The molecule has 1 N–H and O–H groups in total. The summed E-state index contributed by atoms with van der Waals surface area (Å²) in [6.07, 6.45) is 3.16. The first kappa shape index (κ1) is 25.1. The monoisotopic (exact) mass is 458 g/mol. The minimum atomic E-state index is -0.448. The summed E-state index contributed by atoms with van der Waals surface area (Å²) >= 11 is 0. The van der Waals surface area contributed by atoms with Gasteiger partial charge in [0.25, 0.3) is 0 Å². The van der Waals surface area contributed by atoms with Gasteiger partial charge in [-0.25, -0.2) is 4.79 Å². The molecule has 1 unspecified atom stereocenters. The van der Waals surface area contributed by atoms with E-state index in [9.17, 15) is 9.90 Å². The van der Waals surface area contributed by atoms with Gasteiger partial charge in [0.15, 0.2) is 0 Å². The van der Waals surface area contributed by atoms with Crippen molar-refractivity contribution in [2.45, 2.75) is 47.5 Å². The van der Waals surface area contributed by atoms with Crippen molar-refractivity contribution in [3.8, 4) is 17.2 Å². The number of phenols is 1. The van der Waals surface area contributed by atoms with Gasteiger partial charge in [0, 0.05) is 23.1 Å². The van der Waals surface area contributed by atoms with Crippen molar-refractivity contribution in [1.82, 2.24) is 0 Å². The Balaban J connectivity index is 2.01. The molecule has 0 spiro atoms. The molecule has 3 rings (SSSR count). The largest absolute Gasteiger partial charge is 0.507 e. The van der Waals surface area contributed by atoms with Gasteiger partial charge in [-0.05, 0) is 68.5 Å². The third kappa shape index (κ3) is 5.69. The summed E-state index contributed by atoms with van der Waals surface area (Å²) < 4.78 is 11.1. The van der Waals surface area contributed by atoms with Crippen LogP contribution >= 0.6 is 0 Å². The van der Waals surface area contributed by atoms with Gasteiger partial charge in [-0.2, -0.15) is 0 Å². The topological polar surface area (TPSA) is 55.8 Å². The Morgan fingerprint density at radius 2 is 1.47 bits per heavy atom. The maximum atomic E-state index is 12.8. The summed E-state index contributed by atoms with van der Waals surface area (Å²) in [5.74, 6) is 1.18. The number of ether oxygens (including phenoxy) is 2. The molecule has 0 aliphatic carbocycles. The van der Waals surface area contributed by atoms with Crippen molar-refractivity contribution < 1.29 is 19.4 Å². The number of rotatable bonds is 7. The van der Waals surface area contributed by atoms with Crippen LogP contribution in [0.1, 0.15) is 58.7 Å². The van der Waals surface area contributed by atoms with Gasteiger partial charge in [-0.15, -0.1) is 0 Å². The Hall–Kier alpha value is -3.53. The lowest BCUT2D eigenvalue weighted by molar-refractivity contribution is -0.129. The lowest BCUT2D eigenvalue weighted by Gasteiger charge is -2.27. The van der Waals surface area contributed by atoms with Crippen molar-refractivity contribution in [1.29, 1.82) is 0 Å². The number of hydrogen-bond donors (Lipinski definition) is 1. The van der Waals surface area contributed by atoms with E-state index in [1.807, 2.05) is 70.2 Å². The minimum absolute atomic E-state index is 0.134. The molecule has 0 fully saturated rings. The Labute approximate surface area is 202 Å². The Bertz CT molecular complexity index is 1200. The minimum Gasteiger partial charge on any atom is -0.507 e. The summed E-state index contributed by atoms with van der Waals surface area (Å²) in [7, 11) is 1.62. The SMILES string of the molecule is COc1ccc(/C=C/C(=O)Oc2c(C)cc(C)cc2C(c2cc(C)cc(C)c2O)C(C)C)cc1. The van der Waals surface area contributed by atoms with Crippen molar-refractivity contribution in [3.05, 3.63) is 93.6 Å². The first-order valence-electron chi connectivity index (χ1n) is 11.6. The molecular formula is C30H34O4. The van der Waals surface area contributed by atoms with Crippen LogP contribution in [0.5, 0.6) is 17.2 Å². The van der Waals surface area contributed by atoms with Gasteiger partial charge < -0.3 is 14.6 Å². The summed E-state index contributed by atoms with van der Waals surface area (Å²) in [5.41, 5.74) is 6.51. The van der Waals surface area contributed by atoms with Gasteiger partial charge in [0.1, 0.15) is 17.2 Å². The predicted octanol–water partition coefficient (Wildman–Crippen LogP) is 7.04. The number of carbonyl (C=O) groups is 1. The van der Waals surface area contributed by atoms with E-state index in [0.717, 1.165) is 44.7 Å². The molecular weight excluding hydrogens is 424 g/mol. The van der Waals surface area contributed by atoms with Gasteiger partial charge in [-0.1, -0.05) is 61.4 Å². The number of methoxy groups -OCH3 is 1. The number of hydrogen-bond acceptors (Lipinski definition) is 4. The molecule has 3 aromatic carbocycles. The zero-order valence-corrected chi connectivity index (χ0v) is 21.1. The second-order valence-electron chi connectivity index (χ2n) is 9.27. The Morgan fingerprint density at radius 3 is 2.06 bits per heavy atom. The molecule has 0 heterocycles. The number of carbonyl (C=O) groups excluding carboxylic acids is 1. The van der Waals surface area contributed by atoms with Gasteiger partial charge in [0.2, 0.25) is 0 Å². The maximum absolute atomic E-state index is 12.8.